The summed E-state index contributed by atoms with van der Waals surface area (Å²) in [6, 6.07) is 20.3. The third kappa shape index (κ3) is 4.12. The van der Waals surface area contributed by atoms with Crippen molar-refractivity contribution in [1.82, 2.24) is 4.57 Å². The molecule has 0 fully saturated rings. The van der Waals surface area contributed by atoms with Gasteiger partial charge in [0.1, 0.15) is 0 Å². The molecule has 6 rings (SSSR count). The van der Waals surface area contributed by atoms with Crippen LogP contribution in [-0.4, -0.2) is 23.6 Å². The smallest absolute Gasteiger partial charge is 0.271 e. The number of rotatable bonds is 4. The summed E-state index contributed by atoms with van der Waals surface area (Å²) in [5.41, 5.74) is 6.67. The molecule has 0 spiro atoms. The largest absolute Gasteiger partial charge is 0.377 e. The van der Waals surface area contributed by atoms with Gasteiger partial charge in [-0.2, -0.15) is 0 Å². The van der Waals surface area contributed by atoms with Crippen molar-refractivity contribution in [3.05, 3.63) is 129 Å². The van der Waals surface area contributed by atoms with Crippen molar-refractivity contribution in [2.45, 2.75) is 18.9 Å². The summed E-state index contributed by atoms with van der Waals surface area (Å²) in [7, 11) is 3.96. The second-order valence-corrected chi connectivity index (χ2v) is 11.4. The van der Waals surface area contributed by atoms with Gasteiger partial charge in [-0.05, 0) is 69.2 Å². The normalized spacial score (nSPS) is 16.4. The van der Waals surface area contributed by atoms with E-state index in [1.807, 2.05) is 61.5 Å². The zero-order chi connectivity index (χ0) is 26.6. The van der Waals surface area contributed by atoms with Crippen molar-refractivity contribution in [1.29, 1.82) is 0 Å². The summed E-state index contributed by atoms with van der Waals surface area (Å²) in [4.78, 5) is 32.7. The van der Waals surface area contributed by atoms with E-state index >= 15 is 0 Å². The third-order valence-corrected chi connectivity index (χ3v) is 8.64. The van der Waals surface area contributed by atoms with Crippen LogP contribution in [0.2, 0.25) is 0 Å². The van der Waals surface area contributed by atoms with Crippen LogP contribution in [0, 0.1) is 10.1 Å². The number of hydrogen-bond acceptors (Lipinski definition) is 6. The van der Waals surface area contributed by atoms with Gasteiger partial charge in [-0.3, -0.25) is 19.5 Å². The van der Waals surface area contributed by atoms with Crippen LogP contribution in [0.15, 0.2) is 86.6 Å². The van der Waals surface area contributed by atoms with E-state index in [2.05, 4.69) is 28.1 Å². The first-order chi connectivity index (χ1) is 18.3. The molecule has 9 heteroatoms. The SMILES string of the molecule is CN(C)c1ccc(/C=c2/sc3n(c2=O)[C@@H](c2cccc([N+](=O)[O-])c2)C2=C(N=3)c3ccccc3CC2)cc1Br. The number of nitro groups is 1. The molecule has 0 radical (unpaired) electrons. The van der Waals surface area contributed by atoms with Crippen molar-refractivity contribution >= 4 is 50.4 Å². The summed E-state index contributed by atoms with van der Waals surface area (Å²) >= 11 is 4.98. The monoisotopic (exact) mass is 586 g/mol. The van der Waals surface area contributed by atoms with E-state index in [0.29, 0.717) is 14.9 Å². The van der Waals surface area contributed by atoms with Crippen molar-refractivity contribution in [3.8, 4) is 0 Å². The molecular formula is C29H23BrN4O3S. The molecule has 0 unspecified atom stereocenters. The number of halogens is 1. The zero-order valence-corrected chi connectivity index (χ0v) is 23.1. The lowest BCUT2D eigenvalue weighted by Crippen LogP contribution is -2.38. The lowest BCUT2D eigenvalue weighted by molar-refractivity contribution is -0.384. The number of hydrogen-bond donors (Lipinski definition) is 0. The first-order valence-electron chi connectivity index (χ1n) is 12.2. The molecule has 38 heavy (non-hydrogen) atoms. The summed E-state index contributed by atoms with van der Waals surface area (Å²) in [5, 5.41) is 11.6. The number of non-ortho nitro benzene ring substituents is 1. The minimum absolute atomic E-state index is 0.00539. The van der Waals surface area contributed by atoms with Gasteiger partial charge in [0.25, 0.3) is 11.2 Å². The molecule has 2 heterocycles. The number of anilines is 1. The highest BCUT2D eigenvalue weighted by Crippen LogP contribution is 2.41. The summed E-state index contributed by atoms with van der Waals surface area (Å²) in [6.07, 6.45) is 3.44. The maximum atomic E-state index is 13.9. The van der Waals surface area contributed by atoms with Crippen LogP contribution in [-0.2, 0) is 6.42 Å². The molecule has 1 atom stereocenters. The molecule has 1 aliphatic carbocycles. The Kier molecular flexibility index (Phi) is 6.12. The molecule has 7 nitrogen and oxygen atoms in total. The van der Waals surface area contributed by atoms with Crippen LogP contribution in [0.3, 0.4) is 0 Å². The fourth-order valence-corrected chi connectivity index (χ4v) is 7.01. The van der Waals surface area contributed by atoms with Crippen LogP contribution in [0.5, 0.6) is 0 Å². The van der Waals surface area contributed by atoms with E-state index in [4.69, 9.17) is 4.99 Å². The van der Waals surface area contributed by atoms with Gasteiger partial charge in [-0.25, -0.2) is 4.99 Å². The molecule has 1 aliphatic heterocycles. The molecule has 1 aromatic heterocycles. The van der Waals surface area contributed by atoms with E-state index in [1.165, 1.54) is 23.0 Å². The number of benzene rings is 3. The highest BCUT2D eigenvalue weighted by Gasteiger charge is 2.33. The fraction of sp³-hybridized carbons (Fsp3) is 0.172. The fourth-order valence-electron chi connectivity index (χ4n) is 5.26. The average molecular weight is 587 g/mol. The summed E-state index contributed by atoms with van der Waals surface area (Å²) in [6.45, 7) is 0. The van der Waals surface area contributed by atoms with E-state index in [1.54, 1.807) is 16.7 Å². The minimum Gasteiger partial charge on any atom is -0.377 e. The molecule has 3 aromatic carbocycles. The lowest BCUT2D eigenvalue weighted by Gasteiger charge is -2.30. The van der Waals surface area contributed by atoms with Crippen molar-refractivity contribution in [3.63, 3.8) is 0 Å². The first kappa shape index (κ1) is 24.5. The molecule has 0 amide bonds. The summed E-state index contributed by atoms with van der Waals surface area (Å²) < 4.78 is 3.22. The average Bonchev–Trinajstić information content (AvgIpc) is 3.21. The van der Waals surface area contributed by atoms with Gasteiger partial charge in [0, 0.05) is 36.3 Å². The van der Waals surface area contributed by atoms with E-state index in [9.17, 15) is 14.9 Å². The standard InChI is InChI=1S/C29H23BrN4O3S/c1-32(2)24-13-10-17(14-23(24)30)15-25-28(35)33-27(19-7-5-8-20(16-19)34(36)37)22-12-11-18-6-3-4-9-21(18)26(22)31-29(33)38-25/h3-10,13-16,27H,11-12H2,1-2H3/b25-15+/t27-/m0/s1. The van der Waals surface area contributed by atoms with Gasteiger partial charge in [0.05, 0.1) is 26.9 Å². The van der Waals surface area contributed by atoms with E-state index in [-0.39, 0.29) is 11.2 Å². The minimum atomic E-state index is -0.459. The summed E-state index contributed by atoms with van der Waals surface area (Å²) in [5.74, 6) is 0. The number of thiazole rings is 1. The predicted octanol–water partition coefficient (Wildman–Crippen LogP) is 5.06. The maximum Gasteiger partial charge on any atom is 0.271 e. The lowest BCUT2D eigenvalue weighted by atomic mass is 9.83. The van der Waals surface area contributed by atoms with Crippen LogP contribution in [0.4, 0.5) is 11.4 Å². The van der Waals surface area contributed by atoms with Gasteiger partial charge in [-0.15, -0.1) is 0 Å². The molecular weight excluding hydrogens is 564 g/mol. The van der Waals surface area contributed by atoms with Crippen molar-refractivity contribution in [2.75, 3.05) is 19.0 Å². The Labute approximate surface area is 231 Å². The molecule has 0 saturated carbocycles. The van der Waals surface area contributed by atoms with Gasteiger partial charge in [0.2, 0.25) is 0 Å². The van der Waals surface area contributed by atoms with Crippen LogP contribution in [0.1, 0.15) is 34.7 Å². The van der Waals surface area contributed by atoms with Crippen LogP contribution < -0.4 is 19.8 Å². The Morgan fingerprint density at radius 2 is 1.92 bits per heavy atom. The van der Waals surface area contributed by atoms with Crippen molar-refractivity contribution in [2.24, 2.45) is 4.99 Å². The number of nitrogens with zero attached hydrogens (tertiary/aromatic N) is 4. The predicted molar refractivity (Wildman–Crippen MR) is 154 cm³/mol. The van der Waals surface area contributed by atoms with Crippen LogP contribution >= 0.6 is 27.3 Å². The Balaban J connectivity index is 1.59. The number of nitro benzene ring substituents is 1. The van der Waals surface area contributed by atoms with Gasteiger partial charge >= 0.3 is 0 Å². The number of aromatic nitrogens is 1. The molecule has 2 aliphatic rings. The molecule has 190 valence electrons. The van der Waals surface area contributed by atoms with E-state index < -0.39 is 11.0 Å². The van der Waals surface area contributed by atoms with Gasteiger partial charge in [-0.1, -0.05) is 53.8 Å². The number of allylic oxidation sites excluding steroid dienone is 1. The maximum absolute atomic E-state index is 13.9. The zero-order valence-electron chi connectivity index (χ0n) is 20.7. The topological polar surface area (TPSA) is 80.7 Å². The highest BCUT2D eigenvalue weighted by molar-refractivity contribution is 9.10. The third-order valence-electron chi connectivity index (χ3n) is 7.02. The van der Waals surface area contributed by atoms with Gasteiger partial charge < -0.3 is 4.90 Å². The quantitative estimate of drug-likeness (QED) is 0.247. The second kappa shape index (κ2) is 9.49. The number of aryl methyl sites for hydroxylation is 1. The van der Waals surface area contributed by atoms with E-state index in [0.717, 1.165) is 45.4 Å². The second-order valence-electron chi connectivity index (χ2n) is 9.57. The molecule has 0 N–H and O–H groups in total. The Morgan fingerprint density at radius 1 is 1.11 bits per heavy atom. The molecule has 0 bridgehead atoms. The molecule has 0 saturated heterocycles. The van der Waals surface area contributed by atoms with Crippen LogP contribution in [0.25, 0.3) is 11.8 Å². The first-order valence-corrected chi connectivity index (χ1v) is 13.8. The van der Waals surface area contributed by atoms with Crippen molar-refractivity contribution < 1.29 is 4.92 Å². The van der Waals surface area contributed by atoms with Gasteiger partial charge in [0.15, 0.2) is 4.80 Å². The Hall–Kier alpha value is -3.82. The Bertz CT molecular complexity index is 1840. The molecule has 4 aromatic rings. The number of fused-ring (bicyclic) bond motifs is 3. The Morgan fingerprint density at radius 3 is 2.68 bits per heavy atom. The highest BCUT2D eigenvalue weighted by atomic mass is 79.9.